The van der Waals surface area contributed by atoms with E-state index in [4.69, 9.17) is 0 Å². The second-order valence-corrected chi connectivity index (χ2v) is 8.35. The molecule has 0 aromatic carbocycles. The Morgan fingerprint density at radius 1 is 1.09 bits per heavy atom. The second-order valence-electron chi connectivity index (χ2n) is 8.35. The number of likely N-dealkylation sites (tertiary alicyclic amines) is 1. The highest BCUT2D eigenvalue weighted by Crippen LogP contribution is 2.47. The summed E-state index contributed by atoms with van der Waals surface area (Å²) < 4.78 is 0. The number of hydrogen-bond donors (Lipinski definition) is 1. The minimum atomic E-state index is 0.756. The third-order valence-corrected chi connectivity index (χ3v) is 5.26. The molecule has 1 aliphatic carbocycles. The summed E-state index contributed by atoms with van der Waals surface area (Å²) in [7, 11) is 5.82. The highest BCUT2D eigenvalue weighted by atomic mass is 15.2. The van der Waals surface area contributed by atoms with E-state index < -0.39 is 0 Å². The first-order valence-corrected chi connectivity index (χ1v) is 9.19. The van der Waals surface area contributed by atoms with Gasteiger partial charge in [0.05, 0.1) is 0 Å². The first-order valence-electron chi connectivity index (χ1n) is 9.19. The topological polar surface area (TPSA) is 32.5 Å². The normalized spacial score (nSPS) is 23.2. The first kappa shape index (κ1) is 21.9. The lowest BCUT2D eigenvalue weighted by Gasteiger charge is -2.49. The molecule has 0 bridgehead atoms. The van der Waals surface area contributed by atoms with Crippen molar-refractivity contribution in [3.8, 4) is 0 Å². The number of likely N-dealkylation sites (N-methyl/N-ethyl adjacent to an activating group) is 1. The number of nitrogens with two attached hydrogens (primary N) is 1. The van der Waals surface area contributed by atoms with Crippen LogP contribution in [0, 0.1) is 23.2 Å². The molecule has 0 aromatic rings. The summed E-state index contributed by atoms with van der Waals surface area (Å²) in [6.07, 6.45) is 4.46. The van der Waals surface area contributed by atoms with Crippen LogP contribution in [0.5, 0.6) is 0 Å². The van der Waals surface area contributed by atoms with E-state index in [1.54, 1.807) is 0 Å². The van der Waals surface area contributed by atoms with Crippen LogP contribution in [-0.4, -0.2) is 57.1 Å². The zero-order valence-electron chi connectivity index (χ0n) is 16.7. The van der Waals surface area contributed by atoms with E-state index in [0.717, 1.165) is 23.2 Å². The van der Waals surface area contributed by atoms with Crippen molar-refractivity contribution in [3.63, 3.8) is 0 Å². The fourth-order valence-corrected chi connectivity index (χ4v) is 3.19. The fourth-order valence-electron chi connectivity index (χ4n) is 3.19. The number of hydrogen-bond acceptors (Lipinski definition) is 3. The zero-order chi connectivity index (χ0) is 17.3. The van der Waals surface area contributed by atoms with Crippen LogP contribution in [0.25, 0.3) is 0 Å². The Morgan fingerprint density at radius 3 is 1.91 bits per heavy atom. The summed E-state index contributed by atoms with van der Waals surface area (Å²) in [5.74, 6) is 2.70. The van der Waals surface area contributed by atoms with E-state index in [-0.39, 0.29) is 0 Å². The number of rotatable bonds is 4. The van der Waals surface area contributed by atoms with Gasteiger partial charge in [-0.05, 0) is 57.2 Å². The van der Waals surface area contributed by atoms with E-state index >= 15 is 0 Å². The first-order chi connectivity index (χ1) is 10.2. The summed E-state index contributed by atoms with van der Waals surface area (Å²) in [6.45, 7) is 16.6. The number of nitrogens with zero attached hydrogens (tertiary/aromatic N) is 2. The summed E-state index contributed by atoms with van der Waals surface area (Å²) in [6, 6.07) is 0. The van der Waals surface area contributed by atoms with Crippen molar-refractivity contribution < 1.29 is 0 Å². The Morgan fingerprint density at radius 2 is 1.59 bits per heavy atom. The summed E-state index contributed by atoms with van der Waals surface area (Å²) >= 11 is 0. The quantitative estimate of drug-likeness (QED) is 0.861. The van der Waals surface area contributed by atoms with Crippen LogP contribution in [0.15, 0.2) is 0 Å². The minimum Gasteiger partial charge on any atom is -0.333 e. The third kappa shape index (κ3) is 7.94. The Balaban J connectivity index is 0.000000470. The molecule has 1 spiro atoms. The molecule has 0 radical (unpaired) electrons. The third-order valence-electron chi connectivity index (χ3n) is 5.26. The van der Waals surface area contributed by atoms with Crippen molar-refractivity contribution in [3.05, 3.63) is 0 Å². The molecule has 22 heavy (non-hydrogen) atoms. The lowest BCUT2D eigenvalue weighted by molar-refractivity contribution is 0.000227. The molecule has 1 atom stereocenters. The van der Waals surface area contributed by atoms with Gasteiger partial charge in [0.1, 0.15) is 0 Å². The summed E-state index contributed by atoms with van der Waals surface area (Å²) in [5, 5.41) is 0. The molecule has 3 heteroatoms. The maximum atomic E-state index is 4.50. The van der Waals surface area contributed by atoms with E-state index in [9.17, 15) is 0 Å². The van der Waals surface area contributed by atoms with Gasteiger partial charge in [-0.2, -0.15) is 0 Å². The van der Waals surface area contributed by atoms with E-state index in [1.807, 2.05) is 0 Å². The Labute approximate surface area is 140 Å². The highest BCUT2D eigenvalue weighted by Gasteiger charge is 2.46. The molecule has 2 N–H and O–H groups in total. The molecule has 2 aliphatic rings. The van der Waals surface area contributed by atoms with Crippen molar-refractivity contribution in [1.29, 1.82) is 0 Å². The SMILES string of the molecule is CC(C)C(C)C.CC1CCC2(C1)CN(CCN(C)C)C2.CN. The Bertz CT molecular complexity index is 262. The van der Waals surface area contributed by atoms with Gasteiger partial charge in [0.15, 0.2) is 0 Å². The molecule has 1 unspecified atom stereocenters. The van der Waals surface area contributed by atoms with Crippen molar-refractivity contribution in [2.45, 2.75) is 53.9 Å². The fraction of sp³-hybridized carbons (Fsp3) is 1.00. The van der Waals surface area contributed by atoms with Crippen LogP contribution in [0.3, 0.4) is 0 Å². The maximum Gasteiger partial charge on any atom is 0.0110 e. The molecule has 134 valence electrons. The van der Waals surface area contributed by atoms with Gasteiger partial charge in [0, 0.05) is 26.2 Å². The van der Waals surface area contributed by atoms with Crippen LogP contribution in [-0.2, 0) is 0 Å². The average molecular weight is 314 g/mol. The highest BCUT2D eigenvalue weighted by molar-refractivity contribution is 4.99. The molecular weight excluding hydrogens is 270 g/mol. The van der Waals surface area contributed by atoms with Gasteiger partial charge in [0.2, 0.25) is 0 Å². The van der Waals surface area contributed by atoms with Gasteiger partial charge in [-0.15, -0.1) is 0 Å². The molecule has 2 fully saturated rings. The minimum absolute atomic E-state index is 0.756. The van der Waals surface area contributed by atoms with E-state index in [1.165, 1.54) is 52.5 Å². The van der Waals surface area contributed by atoms with Gasteiger partial charge >= 0.3 is 0 Å². The molecular formula is C19H43N3. The van der Waals surface area contributed by atoms with Gasteiger partial charge in [-0.25, -0.2) is 0 Å². The van der Waals surface area contributed by atoms with Crippen LogP contribution in [0.1, 0.15) is 53.9 Å². The standard InChI is InChI=1S/C12H24N2.C6H14.CH5N/c1-11-4-5-12(8-11)9-14(10-12)7-6-13(2)3;1-5(2)6(3)4;1-2/h11H,4-10H2,1-3H3;5-6H,1-4H3;2H2,1H3. The van der Waals surface area contributed by atoms with Crippen LogP contribution in [0.2, 0.25) is 0 Å². The smallest absolute Gasteiger partial charge is 0.0110 e. The summed E-state index contributed by atoms with van der Waals surface area (Å²) in [5.41, 5.74) is 5.26. The van der Waals surface area contributed by atoms with Crippen molar-refractivity contribution in [2.24, 2.45) is 28.9 Å². The summed E-state index contributed by atoms with van der Waals surface area (Å²) in [4.78, 5) is 4.90. The molecule has 1 aliphatic heterocycles. The average Bonchev–Trinajstić information content (AvgIpc) is 2.80. The van der Waals surface area contributed by atoms with E-state index in [0.29, 0.717) is 0 Å². The molecule has 1 saturated carbocycles. The van der Waals surface area contributed by atoms with Gasteiger partial charge in [-0.1, -0.05) is 41.0 Å². The molecule has 1 saturated heterocycles. The monoisotopic (exact) mass is 313 g/mol. The van der Waals surface area contributed by atoms with Crippen molar-refractivity contribution in [2.75, 3.05) is 47.3 Å². The van der Waals surface area contributed by atoms with Crippen molar-refractivity contribution >= 4 is 0 Å². The molecule has 0 amide bonds. The predicted molar refractivity (Wildman–Crippen MR) is 100 cm³/mol. The van der Waals surface area contributed by atoms with Crippen LogP contribution in [0.4, 0.5) is 0 Å². The lowest BCUT2D eigenvalue weighted by Crippen LogP contribution is -2.56. The predicted octanol–water partition coefficient (Wildman–Crippen LogP) is 3.54. The van der Waals surface area contributed by atoms with Crippen LogP contribution >= 0.6 is 0 Å². The molecule has 2 rings (SSSR count). The van der Waals surface area contributed by atoms with Gasteiger partial charge in [-0.3, -0.25) is 0 Å². The molecule has 1 heterocycles. The van der Waals surface area contributed by atoms with Gasteiger partial charge < -0.3 is 15.5 Å². The lowest BCUT2D eigenvalue weighted by atomic mass is 9.77. The second kappa shape index (κ2) is 10.6. The zero-order valence-corrected chi connectivity index (χ0v) is 16.7. The van der Waals surface area contributed by atoms with Crippen LogP contribution < -0.4 is 5.73 Å². The Kier molecular flexibility index (Phi) is 10.6. The molecule has 0 aromatic heterocycles. The van der Waals surface area contributed by atoms with Gasteiger partial charge in [0.25, 0.3) is 0 Å². The Hall–Kier alpha value is -0.120. The maximum absolute atomic E-state index is 4.50. The molecule has 3 nitrogen and oxygen atoms in total. The largest absolute Gasteiger partial charge is 0.333 e. The van der Waals surface area contributed by atoms with E-state index in [2.05, 4.69) is 64.2 Å². The van der Waals surface area contributed by atoms with Crippen molar-refractivity contribution in [1.82, 2.24) is 9.80 Å².